The molecule has 0 fully saturated rings. The molecule has 20 aromatic carbocycles. The number of nitrogens with zero attached hydrogens (tertiary/aromatic N) is 6. The van der Waals surface area contributed by atoms with E-state index in [-0.39, 0.29) is 0 Å². The monoisotopic (exact) mass is 1530 g/mol. The first-order valence-electron chi connectivity index (χ1n) is 39.9. The lowest BCUT2D eigenvalue weighted by molar-refractivity contribution is 1.08. The summed E-state index contributed by atoms with van der Waals surface area (Å²) in [6, 6.07) is 141. The first-order valence-corrected chi connectivity index (χ1v) is 41.6. The molecular weight excluding hydrogens is 1470 g/mol. The van der Waals surface area contributed by atoms with E-state index in [1.807, 2.05) is 18.2 Å². The van der Waals surface area contributed by atoms with Crippen molar-refractivity contribution in [1.82, 2.24) is 29.9 Å². The molecule has 0 radical (unpaired) electrons. The summed E-state index contributed by atoms with van der Waals surface area (Å²) in [5, 5.41) is 24.8. The topological polar surface area (TPSA) is 77.3 Å². The molecule has 0 bridgehead atoms. The summed E-state index contributed by atoms with van der Waals surface area (Å²) in [6.45, 7) is 0. The maximum absolute atomic E-state index is 5.52. The van der Waals surface area contributed by atoms with Gasteiger partial charge in [0.25, 0.3) is 0 Å². The van der Waals surface area contributed by atoms with E-state index in [1.165, 1.54) is 117 Å². The van der Waals surface area contributed by atoms with Gasteiger partial charge in [-0.3, -0.25) is 0 Å². The predicted octanol–water partition coefficient (Wildman–Crippen LogP) is 30.4. The molecule has 0 aliphatic rings. The Morgan fingerprint density at radius 2 is 0.441 bits per heavy atom. The summed E-state index contributed by atoms with van der Waals surface area (Å²) < 4.78 is 4.61. The van der Waals surface area contributed by atoms with Gasteiger partial charge in [-0.2, -0.15) is 0 Å². The quantitative estimate of drug-likeness (QED) is 0.120. The molecule has 4 aromatic heterocycles. The number of fused-ring (bicyclic) bond motifs is 22. The first-order chi connectivity index (χ1) is 58.5. The Morgan fingerprint density at radius 1 is 0.136 bits per heavy atom. The van der Waals surface area contributed by atoms with Gasteiger partial charge < -0.3 is 0 Å². The average Bonchev–Trinajstić information content (AvgIpc) is 0.968. The van der Waals surface area contributed by atoms with Crippen LogP contribution in [0.5, 0.6) is 0 Å². The summed E-state index contributed by atoms with van der Waals surface area (Å²) in [6.07, 6.45) is 0. The third-order valence-corrected chi connectivity index (χ3v) is 26.4. The van der Waals surface area contributed by atoms with Gasteiger partial charge in [-0.05, 0) is 202 Å². The van der Waals surface area contributed by atoms with E-state index < -0.39 is 0 Å². The fourth-order valence-electron chi connectivity index (χ4n) is 18.4. The van der Waals surface area contributed by atoms with E-state index in [1.54, 1.807) is 22.7 Å². The number of rotatable bonds is 11. The van der Waals surface area contributed by atoms with Crippen molar-refractivity contribution in [1.29, 1.82) is 0 Å². The highest BCUT2D eigenvalue weighted by Crippen LogP contribution is 2.49. The number of thiophene rings is 2. The van der Waals surface area contributed by atoms with Gasteiger partial charge in [-0.25, -0.2) is 29.9 Å². The van der Waals surface area contributed by atoms with Crippen LogP contribution < -0.4 is 0 Å². The highest BCUT2D eigenvalue weighted by molar-refractivity contribution is 7.26. The lowest BCUT2D eigenvalue weighted by atomic mass is 9.87. The second-order valence-corrected chi connectivity index (χ2v) is 32.7. The van der Waals surface area contributed by atoms with Crippen molar-refractivity contribution in [2.45, 2.75) is 0 Å². The van der Waals surface area contributed by atoms with E-state index >= 15 is 0 Å². The molecule has 4 heterocycles. The molecule has 24 aromatic rings. The van der Waals surface area contributed by atoms with Crippen LogP contribution in [0.3, 0.4) is 0 Å². The van der Waals surface area contributed by atoms with Gasteiger partial charge in [0.15, 0.2) is 34.9 Å². The van der Waals surface area contributed by atoms with Crippen LogP contribution in [0.2, 0.25) is 0 Å². The fraction of sp³-hybridized carbons (Fsp3) is 0. The van der Waals surface area contributed by atoms with Crippen LogP contribution in [0, 0.1) is 0 Å². The molecule has 0 saturated heterocycles. The second-order valence-electron chi connectivity index (χ2n) is 30.6. The minimum atomic E-state index is 0.565. The average molecular weight is 1530 g/mol. The molecule has 0 spiro atoms. The molecule has 546 valence electrons. The van der Waals surface area contributed by atoms with Crippen LogP contribution >= 0.6 is 22.7 Å². The van der Waals surface area contributed by atoms with Gasteiger partial charge >= 0.3 is 0 Å². The Hall–Kier alpha value is -15.1. The van der Waals surface area contributed by atoms with Gasteiger partial charge in [0.05, 0.1) is 0 Å². The largest absolute Gasteiger partial charge is 0.208 e. The zero-order valence-electron chi connectivity index (χ0n) is 63.5. The van der Waals surface area contributed by atoms with Crippen molar-refractivity contribution in [2.75, 3.05) is 0 Å². The van der Waals surface area contributed by atoms with Crippen molar-refractivity contribution in [2.24, 2.45) is 0 Å². The summed E-state index contributed by atoms with van der Waals surface area (Å²) in [4.78, 5) is 32.7. The molecule has 6 nitrogen and oxygen atoms in total. The molecule has 0 atom stereocenters. The zero-order chi connectivity index (χ0) is 77.5. The standard InChI is InChI=1S/C110H64N6S2/c1-2-24-68(25-3-1)105-111-106(69-56-52-66(53-57-69)70-26-20-29-73(58-70)94-64-96-82-37-7-5-33-78(82)80-35-9-13-43-88(80)102(96)90-45-15-11-39-84(90)94)114-110(113-105)98-62-76(61-97-86-41-17-19-49-100(86)118-104(97)98)72-28-22-31-75(60-72)108-112-107(115-109(116-108)92-47-23-46-91-85-40-16-18-48-99(85)117-103(91)92)74-30-21-27-71(59-74)65-50-54-67(55-51-65)93-63-95-81-36-6-4-32-77(81)79-34-8-12-42-87(79)101(95)89-44-14-10-38-83(89)93/h1-64H. The van der Waals surface area contributed by atoms with Gasteiger partial charge in [0.1, 0.15) is 0 Å². The molecule has 0 saturated carbocycles. The number of hydrogen-bond acceptors (Lipinski definition) is 8. The van der Waals surface area contributed by atoms with Crippen LogP contribution in [0.1, 0.15) is 0 Å². The molecule has 0 N–H and O–H groups in total. The highest BCUT2D eigenvalue weighted by atomic mass is 32.1. The number of aromatic nitrogens is 6. The van der Waals surface area contributed by atoms with Crippen LogP contribution in [0.25, 0.3) is 250 Å². The molecule has 118 heavy (non-hydrogen) atoms. The summed E-state index contributed by atoms with van der Waals surface area (Å²) in [5.41, 5.74) is 16.4. The van der Waals surface area contributed by atoms with Crippen molar-refractivity contribution in [3.8, 4) is 124 Å². The van der Waals surface area contributed by atoms with E-state index in [9.17, 15) is 0 Å². The Morgan fingerprint density at radius 3 is 0.949 bits per heavy atom. The van der Waals surface area contributed by atoms with Gasteiger partial charge in [-0.15, -0.1) is 22.7 Å². The number of hydrogen-bond donors (Lipinski definition) is 0. The molecule has 24 rings (SSSR count). The molecule has 8 heteroatoms. The van der Waals surface area contributed by atoms with E-state index in [0.717, 1.165) is 98.1 Å². The smallest absolute Gasteiger partial charge is 0.165 e. The minimum absolute atomic E-state index is 0.565. The molecule has 0 amide bonds. The lowest BCUT2D eigenvalue weighted by Gasteiger charge is -2.16. The Bertz CT molecular complexity index is 8310. The first kappa shape index (κ1) is 67.4. The number of benzene rings is 20. The van der Waals surface area contributed by atoms with E-state index in [0.29, 0.717) is 34.9 Å². The van der Waals surface area contributed by atoms with E-state index in [2.05, 4.69) is 370 Å². The van der Waals surface area contributed by atoms with Crippen molar-refractivity contribution < 1.29 is 0 Å². The second kappa shape index (κ2) is 27.3. The molecule has 0 aliphatic carbocycles. The van der Waals surface area contributed by atoms with E-state index in [4.69, 9.17) is 29.9 Å². The third kappa shape index (κ3) is 11.1. The lowest BCUT2D eigenvalue weighted by Crippen LogP contribution is -2.01. The minimum Gasteiger partial charge on any atom is -0.208 e. The van der Waals surface area contributed by atoms with Crippen LogP contribution in [0.15, 0.2) is 388 Å². The Kier molecular flexibility index (Phi) is 15.6. The van der Waals surface area contributed by atoms with Crippen LogP contribution in [-0.2, 0) is 0 Å². The van der Waals surface area contributed by atoms with Crippen molar-refractivity contribution in [3.05, 3.63) is 388 Å². The fourth-order valence-corrected chi connectivity index (χ4v) is 20.8. The van der Waals surface area contributed by atoms with Crippen LogP contribution in [-0.4, -0.2) is 29.9 Å². The Labute approximate surface area is 686 Å². The molecular formula is C110H64N6S2. The van der Waals surface area contributed by atoms with Crippen molar-refractivity contribution >= 4 is 149 Å². The SMILES string of the molecule is c1ccc(-c2nc(-c3ccc(-c4cccc(-c5cc6c7ccccc7c7ccccc7c6c6ccccc56)c4)cc3)nc(-c3cc(-c4cccc(-c5nc(-c6cccc(-c7ccc(-c8cc9c%10ccccc%10c%10ccccc%10c9c9ccccc89)cc7)c6)nc(-c6cccc7c6sc6ccccc67)n5)c4)cc4c3sc3ccccc34)n2)cc1. The maximum atomic E-state index is 5.52. The highest BCUT2D eigenvalue weighted by Gasteiger charge is 2.24. The van der Waals surface area contributed by atoms with Gasteiger partial charge in [0, 0.05) is 73.7 Å². The molecule has 0 unspecified atom stereocenters. The maximum Gasteiger partial charge on any atom is 0.165 e. The molecule has 0 aliphatic heterocycles. The predicted molar refractivity (Wildman–Crippen MR) is 499 cm³/mol. The van der Waals surface area contributed by atoms with Crippen LogP contribution in [0.4, 0.5) is 0 Å². The van der Waals surface area contributed by atoms with Gasteiger partial charge in [-0.1, -0.05) is 328 Å². The van der Waals surface area contributed by atoms with Crippen molar-refractivity contribution in [3.63, 3.8) is 0 Å². The Balaban J connectivity index is 0.608. The third-order valence-electron chi connectivity index (χ3n) is 23.9. The zero-order valence-corrected chi connectivity index (χ0v) is 65.1. The summed E-state index contributed by atoms with van der Waals surface area (Å²) in [5.74, 6) is 3.50. The normalized spacial score (nSPS) is 11.9. The summed E-state index contributed by atoms with van der Waals surface area (Å²) >= 11 is 3.54. The van der Waals surface area contributed by atoms with Gasteiger partial charge in [0.2, 0.25) is 0 Å². The summed E-state index contributed by atoms with van der Waals surface area (Å²) in [7, 11) is 0.